The molecule has 0 bridgehead atoms. The minimum absolute atomic E-state index is 0.273. The van der Waals surface area contributed by atoms with Crippen LogP contribution in [0.3, 0.4) is 0 Å². The highest BCUT2D eigenvalue weighted by Crippen LogP contribution is 2.14. The van der Waals surface area contributed by atoms with E-state index in [1.54, 1.807) is 30.5 Å². The molecule has 0 aliphatic rings. The van der Waals surface area contributed by atoms with Gasteiger partial charge in [-0.3, -0.25) is 4.79 Å². The Morgan fingerprint density at radius 2 is 2.11 bits per heavy atom. The van der Waals surface area contributed by atoms with Crippen LogP contribution in [0, 0.1) is 0 Å². The minimum Gasteiger partial charge on any atom is -0.267 e. The van der Waals surface area contributed by atoms with Gasteiger partial charge in [0.15, 0.2) is 0 Å². The van der Waals surface area contributed by atoms with Crippen molar-refractivity contribution in [1.29, 1.82) is 0 Å². The largest absolute Gasteiger partial charge is 0.272 e. The smallest absolute Gasteiger partial charge is 0.267 e. The first-order valence-corrected chi connectivity index (χ1v) is 6.70. The summed E-state index contributed by atoms with van der Waals surface area (Å²) in [5, 5.41) is 4.34. The van der Waals surface area contributed by atoms with E-state index in [-0.39, 0.29) is 5.91 Å². The topological polar surface area (TPSA) is 41.5 Å². The van der Waals surface area contributed by atoms with E-state index in [2.05, 4.69) is 17.5 Å². The van der Waals surface area contributed by atoms with E-state index in [1.165, 1.54) is 19.3 Å². The van der Waals surface area contributed by atoms with E-state index < -0.39 is 0 Å². The van der Waals surface area contributed by atoms with Gasteiger partial charge in [0.25, 0.3) is 5.91 Å². The van der Waals surface area contributed by atoms with Crippen molar-refractivity contribution in [3.05, 3.63) is 34.9 Å². The Balaban J connectivity index is 2.29. The first-order valence-electron chi connectivity index (χ1n) is 6.32. The van der Waals surface area contributed by atoms with Crippen LogP contribution in [0.2, 0.25) is 5.02 Å². The molecule has 0 aliphatic carbocycles. The number of hydrogen-bond donors (Lipinski definition) is 1. The van der Waals surface area contributed by atoms with Gasteiger partial charge < -0.3 is 0 Å². The second kappa shape index (κ2) is 8.70. The quantitative estimate of drug-likeness (QED) is 0.452. The van der Waals surface area contributed by atoms with Gasteiger partial charge in [0.05, 0.1) is 10.6 Å². The summed E-state index contributed by atoms with van der Waals surface area (Å²) in [4.78, 5) is 11.7. The molecule has 0 fully saturated rings. The molecular weight excluding hydrogens is 248 g/mol. The average Bonchev–Trinajstić information content (AvgIpc) is 2.38. The summed E-state index contributed by atoms with van der Waals surface area (Å²) >= 11 is 5.90. The molecule has 0 spiro atoms. The number of hydrogen-bond acceptors (Lipinski definition) is 2. The molecule has 3 nitrogen and oxygen atoms in total. The first-order chi connectivity index (χ1) is 8.75. The normalized spacial score (nSPS) is 10.8. The molecule has 98 valence electrons. The Labute approximate surface area is 113 Å². The summed E-state index contributed by atoms with van der Waals surface area (Å²) < 4.78 is 0. The molecule has 1 amide bonds. The number of amides is 1. The van der Waals surface area contributed by atoms with Gasteiger partial charge in [-0.25, -0.2) is 5.43 Å². The van der Waals surface area contributed by atoms with Gasteiger partial charge in [-0.2, -0.15) is 5.10 Å². The van der Waals surface area contributed by atoms with E-state index in [0.717, 1.165) is 12.8 Å². The highest BCUT2D eigenvalue weighted by molar-refractivity contribution is 6.33. The number of rotatable bonds is 7. The van der Waals surface area contributed by atoms with Crippen molar-refractivity contribution in [2.45, 2.75) is 39.0 Å². The predicted octanol–water partition coefficient (Wildman–Crippen LogP) is 4.03. The number of unbranched alkanes of at least 4 members (excludes halogenated alkanes) is 4. The maximum atomic E-state index is 11.7. The molecule has 0 aliphatic heterocycles. The van der Waals surface area contributed by atoms with Gasteiger partial charge >= 0.3 is 0 Å². The fourth-order valence-corrected chi connectivity index (χ4v) is 1.76. The molecule has 1 rings (SSSR count). The van der Waals surface area contributed by atoms with Gasteiger partial charge in [0, 0.05) is 6.21 Å². The average molecular weight is 267 g/mol. The zero-order valence-corrected chi connectivity index (χ0v) is 11.4. The van der Waals surface area contributed by atoms with Crippen molar-refractivity contribution >= 4 is 23.7 Å². The molecule has 0 radical (unpaired) electrons. The summed E-state index contributed by atoms with van der Waals surface area (Å²) in [6, 6.07) is 6.92. The van der Waals surface area contributed by atoms with Crippen LogP contribution in [0.1, 0.15) is 49.4 Å². The van der Waals surface area contributed by atoms with Crippen molar-refractivity contribution in [2.75, 3.05) is 0 Å². The number of nitrogens with zero attached hydrogens (tertiary/aromatic N) is 1. The van der Waals surface area contributed by atoms with Crippen LogP contribution >= 0.6 is 11.6 Å². The van der Waals surface area contributed by atoms with E-state index in [4.69, 9.17) is 11.6 Å². The second-order valence-electron chi connectivity index (χ2n) is 4.08. The lowest BCUT2D eigenvalue weighted by Crippen LogP contribution is -2.17. The lowest BCUT2D eigenvalue weighted by molar-refractivity contribution is 0.0955. The Morgan fingerprint density at radius 1 is 1.33 bits per heavy atom. The number of nitrogens with one attached hydrogen (secondary N) is 1. The zero-order chi connectivity index (χ0) is 13.2. The highest BCUT2D eigenvalue weighted by Gasteiger charge is 2.07. The Kier molecular flexibility index (Phi) is 7.11. The van der Waals surface area contributed by atoms with Gasteiger partial charge in [-0.1, -0.05) is 49.9 Å². The van der Waals surface area contributed by atoms with E-state index in [9.17, 15) is 4.79 Å². The number of carbonyl (C=O) groups excluding carboxylic acids is 1. The standard InChI is InChI=1S/C14H19ClN2O/c1-2-3-4-5-8-11-16-17-14(18)12-9-6-7-10-13(12)15/h6-7,9-11H,2-5,8H2,1H3,(H,17,18). The molecule has 18 heavy (non-hydrogen) atoms. The van der Waals surface area contributed by atoms with Crippen molar-refractivity contribution in [3.63, 3.8) is 0 Å². The van der Waals surface area contributed by atoms with E-state index in [0.29, 0.717) is 10.6 Å². The first kappa shape index (κ1) is 14.7. The maximum absolute atomic E-state index is 11.7. The van der Waals surface area contributed by atoms with Gasteiger partial charge in [-0.15, -0.1) is 0 Å². The molecule has 0 heterocycles. The van der Waals surface area contributed by atoms with Crippen LogP contribution in [-0.4, -0.2) is 12.1 Å². The molecule has 0 aromatic heterocycles. The lowest BCUT2D eigenvalue weighted by Gasteiger charge is -2.01. The van der Waals surface area contributed by atoms with Crippen LogP contribution in [0.4, 0.5) is 0 Å². The molecule has 1 N–H and O–H groups in total. The van der Waals surface area contributed by atoms with Crippen LogP contribution in [0.25, 0.3) is 0 Å². The van der Waals surface area contributed by atoms with Crippen molar-refractivity contribution in [1.82, 2.24) is 5.43 Å². The minimum atomic E-state index is -0.273. The predicted molar refractivity (Wildman–Crippen MR) is 76.2 cm³/mol. The third-order valence-corrected chi connectivity index (χ3v) is 2.89. The Morgan fingerprint density at radius 3 is 2.83 bits per heavy atom. The van der Waals surface area contributed by atoms with Crippen LogP contribution in [0.15, 0.2) is 29.4 Å². The van der Waals surface area contributed by atoms with Gasteiger partial charge in [0.1, 0.15) is 0 Å². The fraction of sp³-hybridized carbons (Fsp3) is 0.429. The van der Waals surface area contributed by atoms with Gasteiger partial charge in [0.2, 0.25) is 0 Å². The van der Waals surface area contributed by atoms with E-state index in [1.807, 2.05) is 0 Å². The third-order valence-electron chi connectivity index (χ3n) is 2.56. The summed E-state index contributed by atoms with van der Waals surface area (Å²) in [7, 11) is 0. The number of hydrazone groups is 1. The van der Waals surface area contributed by atoms with Crippen molar-refractivity contribution in [3.8, 4) is 0 Å². The molecule has 4 heteroatoms. The highest BCUT2D eigenvalue weighted by atomic mass is 35.5. The second-order valence-corrected chi connectivity index (χ2v) is 4.49. The van der Waals surface area contributed by atoms with Crippen LogP contribution in [0.5, 0.6) is 0 Å². The summed E-state index contributed by atoms with van der Waals surface area (Å²) in [6.45, 7) is 2.18. The molecule has 1 aromatic rings. The monoisotopic (exact) mass is 266 g/mol. The molecule has 0 saturated carbocycles. The molecular formula is C14H19ClN2O. The Hall–Kier alpha value is -1.35. The van der Waals surface area contributed by atoms with Crippen LogP contribution in [-0.2, 0) is 0 Å². The summed E-state index contributed by atoms with van der Waals surface area (Å²) in [5.41, 5.74) is 2.92. The van der Waals surface area contributed by atoms with Crippen molar-refractivity contribution < 1.29 is 4.79 Å². The SMILES string of the molecule is CCCCCCC=NNC(=O)c1ccccc1Cl. The molecule has 0 atom stereocenters. The fourth-order valence-electron chi connectivity index (χ4n) is 1.54. The molecule has 0 saturated heterocycles. The van der Waals surface area contributed by atoms with E-state index >= 15 is 0 Å². The van der Waals surface area contributed by atoms with Crippen molar-refractivity contribution in [2.24, 2.45) is 5.10 Å². The summed E-state index contributed by atoms with van der Waals surface area (Å²) in [6.07, 6.45) is 7.42. The zero-order valence-electron chi connectivity index (χ0n) is 10.7. The Bertz CT molecular complexity index is 405. The number of benzene rings is 1. The van der Waals surface area contributed by atoms with Crippen LogP contribution < -0.4 is 5.43 Å². The number of halogens is 1. The third kappa shape index (κ3) is 5.32. The molecule has 1 aromatic carbocycles. The maximum Gasteiger partial charge on any atom is 0.272 e. The van der Waals surface area contributed by atoms with Gasteiger partial charge in [-0.05, 0) is 25.0 Å². The molecule has 0 unspecified atom stereocenters. The lowest BCUT2D eigenvalue weighted by atomic mass is 10.2. The summed E-state index contributed by atoms with van der Waals surface area (Å²) in [5.74, 6) is -0.273. The number of carbonyl (C=O) groups is 1.